The van der Waals surface area contributed by atoms with Gasteiger partial charge in [0.15, 0.2) is 0 Å². The number of aryl methyl sites for hydroxylation is 1. The maximum absolute atomic E-state index is 13.1. The van der Waals surface area contributed by atoms with E-state index in [1.807, 2.05) is 0 Å². The van der Waals surface area contributed by atoms with E-state index in [0.29, 0.717) is 16.5 Å². The van der Waals surface area contributed by atoms with Gasteiger partial charge in [-0.2, -0.15) is 0 Å². The number of carbonyl (C=O) groups excluding carboxylic acids is 1. The lowest BCUT2D eigenvalue weighted by atomic mass is 10.0. The van der Waals surface area contributed by atoms with Crippen molar-refractivity contribution in [3.63, 3.8) is 0 Å². The fourth-order valence-electron chi connectivity index (χ4n) is 1.89. The van der Waals surface area contributed by atoms with Crippen LogP contribution in [0.5, 0.6) is 0 Å². The Morgan fingerprint density at radius 1 is 1.44 bits per heavy atom. The first-order valence-corrected chi connectivity index (χ1v) is 5.54. The van der Waals surface area contributed by atoms with Crippen molar-refractivity contribution >= 4 is 16.9 Å². The van der Waals surface area contributed by atoms with Gasteiger partial charge in [0.05, 0.1) is 12.1 Å². The van der Waals surface area contributed by atoms with Crippen LogP contribution in [0.2, 0.25) is 0 Å². The van der Waals surface area contributed by atoms with Crippen molar-refractivity contribution in [2.75, 3.05) is 6.61 Å². The number of H-pyrrole nitrogens is 1. The second-order valence-corrected chi connectivity index (χ2v) is 3.86. The van der Waals surface area contributed by atoms with Gasteiger partial charge in [0.1, 0.15) is 11.4 Å². The van der Waals surface area contributed by atoms with Gasteiger partial charge in [-0.1, -0.05) is 0 Å². The number of hydrogen-bond donors (Lipinski definition) is 1. The van der Waals surface area contributed by atoms with Crippen molar-refractivity contribution in [3.8, 4) is 0 Å². The largest absolute Gasteiger partial charge is 0.462 e. The highest BCUT2D eigenvalue weighted by atomic mass is 19.1. The predicted molar refractivity (Wildman–Crippen MR) is 65.2 cm³/mol. The highest BCUT2D eigenvalue weighted by Gasteiger charge is 2.17. The quantitative estimate of drug-likeness (QED) is 0.829. The molecule has 0 fully saturated rings. The van der Waals surface area contributed by atoms with E-state index in [2.05, 4.69) is 4.98 Å². The molecule has 2 aromatic rings. The van der Waals surface area contributed by atoms with Gasteiger partial charge in [-0.25, -0.2) is 9.18 Å². The predicted octanol–water partition coefficient (Wildman–Crippen LogP) is 2.15. The SMILES string of the molecule is CCOC(=O)c1c(C)c2ccc(F)cc2[nH]c1=O. The van der Waals surface area contributed by atoms with Crippen LogP contribution in [0.1, 0.15) is 22.8 Å². The highest BCUT2D eigenvalue weighted by molar-refractivity contribution is 5.96. The van der Waals surface area contributed by atoms with Crippen LogP contribution in [-0.2, 0) is 4.74 Å². The molecule has 1 aromatic carbocycles. The average Bonchev–Trinajstić information content (AvgIpc) is 2.28. The Labute approximate surface area is 102 Å². The van der Waals surface area contributed by atoms with Crippen LogP contribution in [0, 0.1) is 12.7 Å². The number of aromatic amines is 1. The molecule has 94 valence electrons. The summed E-state index contributed by atoms with van der Waals surface area (Å²) in [5.74, 6) is -1.11. The van der Waals surface area contributed by atoms with E-state index in [1.54, 1.807) is 13.8 Å². The van der Waals surface area contributed by atoms with Gasteiger partial charge in [0, 0.05) is 5.39 Å². The minimum Gasteiger partial charge on any atom is -0.462 e. The zero-order valence-corrected chi connectivity index (χ0v) is 10.0. The third-order valence-corrected chi connectivity index (χ3v) is 2.72. The number of benzene rings is 1. The third kappa shape index (κ3) is 1.99. The van der Waals surface area contributed by atoms with Gasteiger partial charge in [-0.15, -0.1) is 0 Å². The first kappa shape index (κ1) is 12.3. The van der Waals surface area contributed by atoms with Crippen molar-refractivity contribution in [1.29, 1.82) is 0 Å². The van der Waals surface area contributed by atoms with E-state index in [1.165, 1.54) is 18.2 Å². The van der Waals surface area contributed by atoms with E-state index >= 15 is 0 Å². The number of aromatic nitrogens is 1. The van der Waals surface area contributed by atoms with Crippen molar-refractivity contribution in [2.24, 2.45) is 0 Å². The number of esters is 1. The monoisotopic (exact) mass is 249 g/mol. The second kappa shape index (κ2) is 4.60. The van der Waals surface area contributed by atoms with E-state index in [0.717, 1.165) is 0 Å². The van der Waals surface area contributed by atoms with Crippen LogP contribution >= 0.6 is 0 Å². The summed E-state index contributed by atoms with van der Waals surface area (Å²) in [5.41, 5.74) is 0.262. The van der Waals surface area contributed by atoms with E-state index in [4.69, 9.17) is 4.74 Å². The molecule has 1 heterocycles. The lowest BCUT2D eigenvalue weighted by molar-refractivity contribution is 0.0523. The summed E-state index contributed by atoms with van der Waals surface area (Å²) in [6.45, 7) is 3.50. The molecule has 0 bridgehead atoms. The van der Waals surface area contributed by atoms with E-state index in [9.17, 15) is 14.0 Å². The summed E-state index contributed by atoms with van der Waals surface area (Å²) in [7, 11) is 0. The highest BCUT2D eigenvalue weighted by Crippen LogP contribution is 2.18. The van der Waals surface area contributed by atoms with Crippen LogP contribution in [0.3, 0.4) is 0 Å². The Balaban J connectivity index is 2.73. The van der Waals surface area contributed by atoms with Gasteiger partial charge in [-0.3, -0.25) is 4.79 Å². The Bertz CT molecular complexity index is 676. The van der Waals surface area contributed by atoms with Crippen LogP contribution in [0.4, 0.5) is 4.39 Å². The van der Waals surface area contributed by atoms with Crippen molar-refractivity contribution in [1.82, 2.24) is 4.98 Å². The van der Waals surface area contributed by atoms with Gasteiger partial charge < -0.3 is 9.72 Å². The molecule has 1 aromatic heterocycles. The van der Waals surface area contributed by atoms with Gasteiger partial charge >= 0.3 is 5.97 Å². The van der Waals surface area contributed by atoms with Crippen LogP contribution in [-0.4, -0.2) is 17.6 Å². The summed E-state index contributed by atoms with van der Waals surface area (Å²) in [6, 6.07) is 4.03. The molecular weight excluding hydrogens is 237 g/mol. The van der Waals surface area contributed by atoms with Gasteiger partial charge in [0.25, 0.3) is 5.56 Å². The minimum absolute atomic E-state index is 0.0315. The number of hydrogen-bond acceptors (Lipinski definition) is 3. The molecule has 0 amide bonds. The number of halogens is 1. The first-order chi connectivity index (χ1) is 8.54. The summed E-state index contributed by atoms with van der Waals surface area (Å²) in [5, 5.41) is 0.624. The maximum atomic E-state index is 13.1. The molecule has 0 radical (unpaired) electrons. The normalized spacial score (nSPS) is 10.6. The summed E-state index contributed by atoms with van der Waals surface area (Å²) >= 11 is 0. The maximum Gasteiger partial charge on any atom is 0.344 e. The molecule has 0 atom stereocenters. The van der Waals surface area contributed by atoms with E-state index in [-0.39, 0.29) is 12.2 Å². The molecule has 0 spiro atoms. The Hall–Kier alpha value is -2.17. The van der Waals surface area contributed by atoms with Crippen LogP contribution in [0.25, 0.3) is 10.9 Å². The molecule has 0 aliphatic heterocycles. The lowest BCUT2D eigenvalue weighted by Crippen LogP contribution is -2.21. The van der Waals surface area contributed by atoms with Crippen LogP contribution < -0.4 is 5.56 Å². The molecule has 2 rings (SSSR count). The fourth-order valence-corrected chi connectivity index (χ4v) is 1.89. The molecule has 18 heavy (non-hydrogen) atoms. The summed E-state index contributed by atoms with van der Waals surface area (Å²) in [6.07, 6.45) is 0. The topological polar surface area (TPSA) is 59.2 Å². The zero-order valence-electron chi connectivity index (χ0n) is 10.0. The number of nitrogens with one attached hydrogen (secondary N) is 1. The molecule has 1 N–H and O–H groups in total. The lowest BCUT2D eigenvalue weighted by Gasteiger charge is -2.07. The number of carbonyl (C=O) groups is 1. The average molecular weight is 249 g/mol. The number of ether oxygens (including phenoxy) is 1. The first-order valence-electron chi connectivity index (χ1n) is 5.54. The number of fused-ring (bicyclic) bond motifs is 1. The van der Waals surface area contributed by atoms with E-state index < -0.39 is 17.3 Å². The molecule has 0 aliphatic carbocycles. The molecule has 4 nitrogen and oxygen atoms in total. The molecular formula is C13H12FNO3. The minimum atomic E-state index is -0.664. The van der Waals surface area contributed by atoms with Gasteiger partial charge in [0.2, 0.25) is 0 Å². The molecule has 0 saturated heterocycles. The van der Waals surface area contributed by atoms with Crippen molar-refractivity contribution < 1.29 is 13.9 Å². The fraction of sp³-hybridized carbons (Fsp3) is 0.231. The summed E-state index contributed by atoms with van der Waals surface area (Å²) in [4.78, 5) is 26.0. The number of rotatable bonds is 2. The standard InChI is InChI=1S/C13H12FNO3/c1-3-18-13(17)11-7(2)9-5-4-8(14)6-10(9)15-12(11)16/h4-6H,3H2,1-2H3,(H,15,16). The molecule has 0 saturated carbocycles. The molecule has 0 aliphatic rings. The van der Waals surface area contributed by atoms with Crippen molar-refractivity contribution in [3.05, 3.63) is 45.5 Å². The Morgan fingerprint density at radius 2 is 2.17 bits per heavy atom. The zero-order chi connectivity index (χ0) is 13.3. The molecule has 5 heteroatoms. The van der Waals surface area contributed by atoms with Gasteiger partial charge in [-0.05, 0) is 37.6 Å². The number of pyridine rings is 1. The molecule has 0 unspecified atom stereocenters. The summed E-state index contributed by atoms with van der Waals surface area (Å²) < 4.78 is 17.9. The second-order valence-electron chi connectivity index (χ2n) is 3.86. The smallest absolute Gasteiger partial charge is 0.344 e. The van der Waals surface area contributed by atoms with Crippen molar-refractivity contribution in [2.45, 2.75) is 13.8 Å². The van der Waals surface area contributed by atoms with Crippen LogP contribution in [0.15, 0.2) is 23.0 Å². The Kier molecular flexibility index (Phi) is 3.14. The Morgan fingerprint density at radius 3 is 2.83 bits per heavy atom. The third-order valence-electron chi connectivity index (χ3n) is 2.72.